The fourth-order valence-electron chi connectivity index (χ4n) is 1.93. The van der Waals surface area contributed by atoms with Crippen LogP contribution in [0.3, 0.4) is 0 Å². The lowest BCUT2D eigenvalue weighted by atomic mass is 10.2. The van der Waals surface area contributed by atoms with E-state index in [4.69, 9.17) is 8.60 Å². The Bertz CT molecular complexity index is 1060. The summed E-state index contributed by atoms with van der Waals surface area (Å²) in [5.41, 5.74) is -0.407. The van der Waals surface area contributed by atoms with Gasteiger partial charge in [-0.15, -0.1) is 0 Å². The molecule has 2 aromatic carbocycles. The summed E-state index contributed by atoms with van der Waals surface area (Å²) >= 11 is 3.08. The van der Waals surface area contributed by atoms with E-state index in [0.29, 0.717) is 9.86 Å². The second-order valence-corrected chi connectivity index (χ2v) is 7.00. The van der Waals surface area contributed by atoms with Gasteiger partial charge >= 0.3 is 15.7 Å². The summed E-state index contributed by atoms with van der Waals surface area (Å²) in [4.78, 5) is 10.6. The van der Waals surface area contributed by atoms with Crippen molar-refractivity contribution in [2.75, 3.05) is 0 Å². The lowest BCUT2D eigenvalue weighted by Gasteiger charge is -2.08. The molecule has 0 unspecified atom stereocenters. The minimum atomic E-state index is -4.37. The van der Waals surface area contributed by atoms with E-state index in [1.165, 1.54) is 36.4 Å². The minimum absolute atomic E-state index is 0.0915. The van der Waals surface area contributed by atoms with E-state index in [1.807, 2.05) is 0 Å². The number of fused-ring (bicyclic) bond motifs is 1. The van der Waals surface area contributed by atoms with Gasteiger partial charge in [0, 0.05) is 22.0 Å². The van der Waals surface area contributed by atoms with E-state index in [-0.39, 0.29) is 11.3 Å². The molecule has 0 bridgehead atoms. The molecule has 0 spiro atoms. The Kier molecular flexibility index (Phi) is 3.95. The molecule has 1 aromatic heterocycles. The summed E-state index contributed by atoms with van der Waals surface area (Å²) in [5, 5.41) is 0.600. The second-order valence-electron chi connectivity index (χ2n) is 4.57. The predicted molar refractivity (Wildman–Crippen MR) is 84.4 cm³/mol. The first-order chi connectivity index (χ1) is 10.8. The molecule has 0 N–H and O–H groups in total. The molecule has 0 fully saturated rings. The number of hydrogen-bond acceptors (Lipinski definition) is 5. The van der Waals surface area contributed by atoms with Crippen LogP contribution in [-0.4, -0.2) is 8.42 Å². The molecule has 0 saturated carbocycles. The molecule has 0 aliphatic heterocycles. The summed E-state index contributed by atoms with van der Waals surface area (Å²) in [6.07, 6.45) is 0. The van der Waals surface area contributed by atoms with Crippen LogP contribution in [0.4, 0.5) is 4.39 Å². The van der Waals surface area contributed by atoms with Gasteiger partial charge in [0.25, 0.3) is 0 Å². The summed E-state index contributed by atoms with van der Waals surface area (Å²) in [7, 11) is -4.37. The number of benzene rings is 2. The van der Waals surface area contributed by atoms with Crippen LogP contribution in [0.15, 0.2) is 67.1 Å². The average molecular weight is 399 g/mol. The lowest BCUT2D eigenvalue weighted by Crippen LogP contribution is -2.11. The van der Waals surface area contributed by atoms with Crippen molar-refractivity contribution >= 4 is 37.0 Å². The van der Waals surface area contributed by atoms with Gasteiger partial charge in [0.1, 0.15) is 22.0 Å². The molecule has 0 aliphatic rings. The maximum absolute atomic E-state index is 13.7. The van der Waals surface area contributed by atoms with E-state index in [0.717, 1.165) is 12.1 Å². The summed E-state index contributed by atoms with van der Waals surface area (Å²) in [5.74, 6) is -1.02. The molecule has 118 valence electrons. The van der Waals surface area contributed by atoms with Gasteiger partial charge in [-0.2, -0.15) is 8.42 Å². The van der Waals surface area contributed by atoms with E-state index in [2.05, 4.69) is 15.9 Å². The lowest BCUT2D eigenvalue weighted by molar-refractivity contribution is 0.475. The highest BCUT2D eigenvalue weighted by molar-refractivity contribution is 9.10. The fourth-order valence-corrected chi connectivity index (χ4v) is 3.47. The summed E-state index contributed by atoms with van der Waals surface area (Å²) in [6, 6.07) is 10.4. The van der Waals surface area contributed by atoms with Crippen molar-refractivity contribution in [3.05, 3.63) is 69.2 Å². The monoisotopic (exact) mass is 398 g/mol. The van der Waals surface area contributed by atoms with Crippen LogP contribution >= 0.6 is 15.9 Å². The molecule has 3 rings (SSSR count). The van der Waals surface area contributed by atoms with Gasteiger partial charge in [-0.3, -0.25) is 0 Å². The smallest absolute Gasteiger partial charge is 0.342 e. The Balaban J connectivity index is 2.03. The number of rotatable bonds is 3. The third kappa shape index (κ3) is 3.27. The Labute approximate surface area is 138 Å². The molecule has 0 atom stereocenters. The van der Waals surface area contributed by atoms with Crippen LogP contribution < -0.4 is 9.81 Å². The minimum Gasteiger partial charge on any atom is -0.423 e. The quantitative estimate of drug-likeness (QED) is 0.498. The zero-order valence-electron chi connectivity index (χ0n) is 11.3. The second kappa shape index (κ2) is 5.78. The van der Waals surface area contributed by atoms with Crippen molar-refractivity contribution in [2.24, 2.45) is 0 Å². The molecule has 0 aliphatic carbocycles. The van der Waals surface area contributed by atoms with E-state index in [9.17, 15) is 17.6 Å². The Hall–Kier alpha value is -2.19. The summed E-state index contributed by atoms with van der Waals surface area (Å²) < 4.78 is 48.4. The molecule has 8 heteroatoms. The van der Waals surface area contributed by atoms with Crippen LogP contribution in [0.2, 0.25) is 0 Å². The zero-order valence-corrected chi connectivity index (χ0v) is 13.7. The van der Waals surface area contributed by atoms with Crippen molar-refractivity contribution in [3.63, 3.8) is 0 Å². The van der Waals surface area contributed by atoms with Gasteiger partial charge in [0.15, 0.2) is 0 Å². The fraction of sp³-hybridized carbons (Fsp3) is 0. The van der Waals surface area contributed by atoms with Gasteiger partial charge in [-0.25, -0.2) is 9.18 Å². The highest BCUT2D eigenvalue weighted by Gasteiger charge is 2.22. The molecule has 5 nitrogen and oxygen atoms in total. The number of halogens is 2. The van der Waals surface area contributed by atoms with Crippen molar-refractivity contribution in [1.29, 1.82) is 0 Å². The topological polar surface area (TPSA) is 73.6 Å². The highest BCUT2D eigenvalue weighted by Crippen LogP contribution is 2.26. The molecule has 3 aromatic rings. The maximum Gasteiger partial charge on any atom is 0.342 e. The van der Waals surface area contributed by atoms with Crippen LogP contribution in [-0.2, 0) is 10.1 Å². The van der Waals surface area contributed by atoms with Gasteiger partial charge in [0.05, 0.1) is 0 Å². The van der Waals surface area contributed by atoms with E-state index >= 15 is 0 Å². The van der Waals surface area contributed by atoms with E-state index in [1.54, 1.807) is 0 Å². The first-order valence-corrected chi connectivity index (χ1v) is 8.49. The van der Waals surface area contributed by atoms with Crippen molar-refractivity contribution in [1.82, 2.24) is 0 Å². The molecule has 0 radical (unpaired) electrons. The molecule has 1 heterocycles. The molecular weight excluding hydrogens is 391 g/mol. The van der Waals surface area contributed by atoms with Gasteiger partial charge in [0.2, 0.25) is 0 Å². The van der Waals surface area contributed by atoms with Crippen LogP contribution in [0.25, 0.3) is 11.0 Å². The van der Waals surface area contributed by atoms with E-state index < -0.39 is 26.5 Å². The average Bonchev–Trinajstić information content (AvgIpc) is 2.48. The SMILES string of the molecule is O=c1ccc2ccc(OS(=O)(=O)c3cc(Br)ccc3F)cc2o1. The molecule has 0 amide bonds. The predicted octanol–water partition coefficient (Wildman–Crippen LogP) is 3.46. The van der Waals surface area contributed by atoms with Crippen molar-refractivity contribution in [2.45, 2.75) is 4.90 Å². The molecule has 0 saturated heterocycles. The largest absolute Gasteiger partial charge is 0.423 e. The molecular formula is C15H8BrFO5S. The van der Waals surface area contributed by atoms with Crippen molar-refractivity contribution in [3.8, 4) is 5.75 Å². The Morgan fingerprint density at radius 1 is 1.04 bits per heavy atom. The highest BCUT2D eigenvalue weighted by atomic mass is 79.9. The van der Waals surface area contributed by atoms with Gasteiger partial charge in [-0.05, 0) is 36.4 Å². The van der Waals surface area contributed by atoms with Crippen LogP contribution in [0.1, 0.15) is 0 Å². The van der Waals surface area contributed by atoms with Crippen LogP contribution in [0.5, 0.6) is 5.75 Å². The third-order valence-electron chi connectivity index (χ3n) is 2.96. The Morgan fingerprint density at radius 3 is 2.57 bits per heavy atom. The Morgan fingerprint density at radius 2 is 1.78 bits per heavy atom. The molecule has 23 heavy (non-hydrogen) atoms. The van der Waals surface area contributed by atoms with Crippen LogP contribution in [0, 0.1) is 5.82 Å². The first kappa shape index (κ1) is 15.7. The first-order valence-electron chi connectivity index (χ1n) is 6.29. The van der Waals surface area contributed by atoms with Gasteiger partial charge < -0.3 is 8.60 Å². The van der Waals surface area contributed by atoms with Crippen molar-refractivity contribution < 1.29 is 21.4 Å². The standard InChI is InChI=1S/C15H8BrFO5S/c16-10-3-5-12(17)14(7-10)23(19,20)22-11-4-1-9-2-6-15(18)21-13(9)8-11/h1-8H. The third-order valence-corrected chi connectivity index (χ3v) is 4.72. The zero-order chi connectivity index (χ0) is 16.6. The normalized spacial score (nSPS) is 11.6. The summed E-state index contributed by atoms with van der Waals surface area (Å²) in [6.45, 7) is 0. The maximum atomic E-state index is 13.7. The van der Waals surface area contributed by atoms with Gasteiger partial charge in [-0.1, -0.05) is 15.9 Å². The number of hydrogen-bond donors (Lipinski definition) is 0.